The van der Waals surface area contributed by atoms with Crippen LogP contribution in [0.5, 0.6) is 0 Å². The number of nitrogens with one attached hydrogen (secondary N) is 1. The molecule has 4 rings (SSSR count). The van der Waals surface area contributed by atoms with E-state index in [1.165, 1.54) is 0 Å². The number of pyridine rings is 1. The Labute approximate surface area is 123 Å². The molecule has 0 radical (unpaired) electrons. The quantitative estimate of drug-likeness (QED) is 0.907. The summed E-state index contributed by atoms with van der Waals surface area (Å²) < 4.78 is 11.4. The molecule has 0 aromatic carbocycles. The average molecular weight is 288 g/mol. The Balaban J connectivity index is 1.54. The summed E-state index contributed by atoms with van der Waals surface area (Å²) >= 11 is 0. The summed E-state index contributed by atoms with van der Waals surface area (Å²) in [5.74, 6) is 0. The van der Waals surface area contributed by atoms with Gasteiger partial charge >= 0.3 is 0 Å². The zero-order valence-corrected chi connectivity index (χ0v) is 12.0. The Kier molecular flexibility index (Phi) is 3.58. The summed E-state index contributed by atoms with van der Waals surface area (Å²) in [7, 11) is 0. The fraction of sp³-hybridized carbons (Fsp3) is 0.600. The van der Waals surface area contributed by atoms with E-state index in [0.29, 0.717) is 6.04 Å². The first kappa shape index (κ1) is 13.2. The molecular weight excluding hydrogens is 268 g/mol. The van der Waals surface area contributed by atoms with E-state index in [2.05, 4.69) is 26.1 Å². The van der Waals surface area contributed by atoms with E-state index in [-0.39, 0.29) is 6.10 Å². The minimum absolute atomic E-state index is 0.0517. The summed E-state index contributed by atoms with van der Waals surface area (Å²) in [4.78, 5) is 6.82. The highest BCUT2D eigenvalue weighted by atomic mass is 16.5. The van der Waals surface area contributed by atoms with Gasteiger partial charge in [-0.05, 0) is 25.0 Å². The molecule has 1 N–H and O–H groups in total. The van der Waals surface area contributed by atoms with E-state index < -0.39 is 0 Å². The minimum atomic E-state index is 0.0517. The lowest BCUT2D eigenvalue weighted by atomic mass is 10.0. The van der Waals surface area contributed by atoms with Crippen LogP contribution in [-0.4, -0.2) is 59.0 Å². The van der Waals surface area contributed by atoms with Crippen molar-refractivity contribution in [1.29, 1.82) is 0 Å². The van der Waals surface area contributed by atoms with Crippen LogP contribution in [0.3, 0.4) is 0 Å². The molecule has 0 aliphatic carbocycles. The zero-order valence-electron chi connectivity index (χ0n) is 12.0. The van der Waals surface area contributed by atoms with Crippen LogP contribution in [0.15, 0.2) is 18.3 Å². The molecular formula is C15H20N4O2. The van der Waals surface area contributed by atoms with Gasteiger partial charge in [0.05, 0.1) is 12.3 Å². The van der Waals surface area contributed by atoms with Crippen LogP contribution in [0, 0.1) is 0 Å². The normalized spacial score (nSPS) is 25.4. The number of H-pyrrole nitrogens is 1. The summed E-state index contributed by atoms with van der Waals surface area (Å²) in [5, 5.41) is 8.46. The molecule has 0 saturated carbocycles. The van der Waals surface area contributed by atoms with Gasteiger partial charge in [0.1, 0.15) is 6.10 Å². The standard InChI is InChI=1S/C15H20N4O2/c1-2-12-14(17-18-15(12)16-5-1)13-10-19(6-9-21-13)11-3-7-20-8-4-11/h1-2,5,11,13H,3-4,6-10H2,(H,16,17,18). The van der Waals surface area contributed by atoms with Crippen LogP contribution in [0.4, 0.5) is 0 Å². The van der Waals surface area contributed by atoms with Crippen molar-refractivity contribution in [3.8, 4) is 0 Å². The smallest absolute Gasteiger partial charge is 0.181 e. The largest absolute Gasteiger partial charge is 0.381 e. The van der Waals surface area contributed by atoms with Crippen molar-refractivity contribution in [2.24, 2.45) is 0 Å². The van der Waals surface area contributed by atoms with E-state index in [9.17, 15) is 0 Å². The third kappa shape index (κ3) is 2.54. The minimum Gasteiger partial charge on any atom is -0.381 e. The van der Waals surface area contributed by atoms with Crippen LogP contribution in [0.2, 0.25) is 0 Å². The Bertz CT molecular complexity index is 608. The molecule has 2 aliphatic rings. The van der Waals surface area contributed by atoms with Crippen LogP contribution < -0.4 is 0 Å². The number of aromatic nitrogens is 3. The van der Waals surface area contributed by atoms with Crippen molar-refractivity contribution < 1.29 is 9.47 Å². The molecule has 2 aromatic rings. The molecule has 112 valence electrons. The average Bonchev–Trinajstić information content (AvgIpc) is 3.00. The van der Waals surface area contributed by atoms with Gasteiger partial charge in [0.15, 0.2) is 5.65 Å². The molecule has 2 aliphatic heterocycles. The van der Waals surface area contributed by atoms with Gasteiger partial charge in [-0.2, -0.15) is 5.10 Å². The zero-order chi connectivity index (χ0) is 14.1. The predicted molar refractivity (Wildman–Crippen MR) is 78.0 cm³/mol. The second-order valence-electron chi connectivity index (χ2n) is 5.71. The van der Waals surface area contributed by atoms with Crippen molar-refractivity contribution in [1.82, 2.24) is 20.1 Å². The maximum atomic E-state index is 5.98. The number of fused-ring (bicyclic) bond motifs is 1. The van der Waals surface area contributed by atoms with Crippen molar-refractivity contribution >= 4 is 11.0 Å². The molecule has 21 heavy (non-hydrogen) atoms. The second-order valence-corrected chi connectivity index (χ2v) is 5.71. The van der Waals surface area contributed by atoms with Gasteiger partial charge in [-0.1, -0.05) is 0 Å². The molecule has 2 saturated heterocycles. The summed E-state index contributed by atoms with van der Waals surface area (Å²) in [6.07, 6.45) is 4.06. The van der Waals surface area contributed by atoms with E-state index in [0.717, 1.165) is 62.5 Å². The van der Waals surface area contributed by atoms with Crippen molar-refractivity contribution in [3.05, 3.63) is 24.0 Å². The number of nitrogens with zero attached hydrogens (tertiary/aromatic N) is 3. The van der Waals surface area contributed by atoms with Gasteiger partial charge in [0.2, 0.25) is 0 Å². The fourth-order valence-corrected chi connectivity index (χ4v) is 3.34. The monoisotopic (exact) mass is 288 g/mol. The summed E-state index contributed by atoms with van der Waals surface area (Å²) in [6.45, 7) is 4.44. The van der Waals surface area contributed by atoms with Gasteiger partial charge < -0.3 is 9.47 Å². The first-order chi connectivity index (χ1) is 10.4. The number of aromatic amines is 1. The van der Waals surface area contributed by atoms with E-state index in [4.69, 9.17) is 9.47 Å². The lowest BCUT2D eigenvalue weighted by molar-refractivity contribution is -0.0642. The Morgan fingerprint density at radius 1 is 1.24 bits per heavy atom. The number of hydrogen-bond acceptors (Lipinski definition) is 5. The molecule has 6 nitrogen and oxygen atoms in total. The third-order valence-corrected chi connectivity index (χ3v) is 4.49. The highest BCUT2D eigenvalue weighted by molar-refractivity contribution is 5.77. The van der Waals surface area contributed by atoms with E-state index in [1.807, 2.05) is 6.07 Å². The Hall–Kier alpha value is -1.50. The van der Waals surface area contributed by atoms with Gasteiger partial charge in [-0.3, -0.25) is 10.00 Å². The molecule has 0 bridgehead atoms. The molecule has 0 amide bonds. The maximum Gasteiger partial charge on any atom is 0.181 e. The van der Waals surface area contributed by atoms with Gasteiger partial charge in [0, 0.05) is 43.9 Å². The number of ether oxygens (including phenoxy) is 2. The van der Waals surface area contributed by atoms with Crippen LogP contribution >= 0.6 is 0 Å². The van der Waals surface area contributed by atoms with Gasteiger partial charge in [-0.25, -0.2) is 4.98 Å². The van der Waals surface area contributed by atoms with Gasteiger partial charge in [-0.15, -0.1) is 0 Å². The lowest BCUT2D eigenvalue weighted by Gasteiger charge is -2.39. The molecule has 2 aromatic heterocycles. The first-order valence-corrected chi connectivity index (χ1v) is 7.64. The van der Waals surface area contributed by atoms with E-state index >= 15 is 0 Å². The SMILES string of the molecule is c1cnc2n[nH]c(C3CN(C4CCOCC4)CCO3)c2c1. The molecule has 1 atom stereocenters. The number of morpholine rings is 1. The third-order valence-electron chi connectivity index (χ3n) is 4.49. The van der Waals surface area contributed by atoms with Crippen molar-refractivity contribution in [2.45, 2.75) is 25.0 Å². The molecule has 1 unspecified atom stereocenters. The Morgan fingerprint density at radius 2 is 2.14 bits per heavy atom. The number of rotatable bonds is 2. The van der Waals surface area contributed by atoms with Crippen molar-refractivity contribution in [2.75, 3.05) is 32.9 Å². The topological polar surface area (TPSA) is 63.3 Å². The van der Waals surface area contributed by atoms with Crippen LogP contribution in [-0.2, 0) is 9.47 Å². The molecule has 6 heteroatoms. The lowest BCUT2D eigenvalue weighted by Crippen LogP contribution is -2.46. The van der Waals surface area contributed by atoms with Crippen LogP contribution in [0.25, 0.3) is 11.0 Å². The molecule has 0 spiro atoms. The van der Waals surface area contributed by atoms with Crippen molar-refractivity contribution in [3.63, 3.8) is 0 Å². The highest BCUT2D eigenvalue weighted by Crippen LogP contribution is 2.28. The summed E-state index contributed by atoms with van der Waals surface area (Å²) in [6, 6.07) is 4.62. The van der Waals surface area contributed by atoms with Crippen LogP contribution in [0.1, 0.15) is 24.6 Å². The van der Waals surface area contributed by atoms with Gasteiger partial charge in [0.25, 0.3) is 0 Å². The second kappa shape index (κ2) is 5.71. The number of hydrogen-bond donors (Lipinski definition) is 1. The maximum absolute atomic E-state index is 5.98. The fourth-order valence-electron chi connectivity index (χ4n) is 3.34. The first-order valence-electron chi connectivity index (χ1n) is 7.64. The summed E-state index contributed by atoms with van der Waals surface area (Å²) in [5.41, 5.74) is 1.81. The highest BCUT2D eigenvalue weighted by Gasteiger charge is 2.30. The molecule has 2 fully saturated rings. The predicted octanol–water partition coefficient (Wildman–Crippen LogP) is 1.51. The van der Waals surface area contributed by atoms with E-state index in [1.54, 1.807) is 6.20 Å². The Morgan fingerprint density at radius 3 is 3.05 bits per heavy atom. The molecule has 4 heterocycles.